The van der Waals surface area contributed by atoms with Crippen LogP contribution in [0.3, 0.4) is 0 Å². The Labute approximate surface area is 181 Å². The van der Waals surface area contributed by atoms with Crippen molar-refractivity contribution in [3.8, 4) is 0 Å². The molecule has 0 amide bonds. The lowest BCUT2D eigenvalue weighted by Crippen LogP contribution is -2.24. The van der Waals surface area contributed by atoms with E-state index in [9.17, 15) is 0 Å². The highest BCUT2D eigenvalue weighted by Gasteiger charge is 2.28. The van der Waals surface area contributed by atoms with Gasteiger partial charge in [0.05, 0.1) is 8.66 Å². The van der Waals surface area contributed by atoms with E-state index >= 15 is 0 Å². The van der Waals surface area contributed by atoms with Gasteiger partial charge in [0.1, 0.15) is 0 Å². The fraction of sp³-hybridized carbons (Fsp3) is 1.00. The van der Waals surface area contributed by atoms with E-state index in [0.717, 1.165) is 34.5 Å². The number of thiol groups is 5. The molecule has 0 N–H and O–H groups in total. The Morgan fingerprint density at radius 2 is 1.64 bits per heavy atom. The van der Waals surface area contributed by atoms with Crippen LogP contribution in [0.1, 0.15) is 13.3 Å². The van der Waals surface area contributed by atoms with Gasteiger partial charge in [0, 0.05) is 28.3 Å². The molecule has 0 heterocycles. The maximum Gasteiger partial charge on any atom is 0.0760 e. The van der Waals surface area contributed by atoms with Gasteiger partial charge >= 0.3 is 0 Å². The Balaban J connectivity index is 3.67. The molecule has 0 aromatic rings. The fourth-order valence-corrected chi connectivity index (χ4v) is 7.86. The van der Waals surface area contributed by atoms with E-state index < -0.39 is 0 Å². The molecule has 3 unspecified atom stereocenters. The van der Waals surface area contributed by atoms with Gasteiger partial charge in [-0.2, -0.15) is 86.7 Å². The zero-order chi connectivity index (χ0) is 16.8. The summed E-state index contributed by atoms with van der Waals surface area (Å²) in [5, 5.41) is 0.657. The van der Waals surface area contributed by atoms with Crippen LogP contribution in [0.15, 0.2) is 0 Å². The molecule has 0 spiro atoms. The first-order valence-corrected chi connectivity index (χ1v) is 14.3. The van der Waals surface area contributed by atoms with Crippen molar-refractivity contribution in [2.24, 2.45) is 0 Å². The summed E-state index contributed by atoms with van der Waals surface area (Å²) >= 11 is 30.2. The second-order valence-electron chi connectivity index (χ2n) is 4.68. The van der Waals surface area contributed by atoms with Crippen molar-refractivity contribution in [2.45, 2.75) is 27.3 Å². The Hall–Kier alpha value is 3.15. The van der Waals surface area contributed by atoms with Crippen LogP contribution in [-0.2, 0) is 0 Å². The minimum Gasteiger partial charge on any atom is -0.179 e. The molecule has 0 fully saturated rings. The van der Waals surface area contributed by atoms with Crippen molar-refractivity contribution in [1.29, 1.82) is 0 Å². The van der Waals surface area contributed by atoms with Gasteiger partial charge in [0.25, 0.3) is 0 Å². The maximum atomic E-state index is 4.74. The molecule has 0 saturated heterocycles. The normalized spacial score (nSPS) is 17.2. The van der Waals surface area contributed by atoms with Gasteiger partial charge in [0.2, 0.25) is 0 Å². The lowest BCUT2D eigenvalue weighted by molar-refractivity contribution is 1.01. The van der Waals surface area contributed by atoms with Gasteiger partial charge in [-0.3, -0.25) is 0 Å². The van der Waals surface area contributed by atoms with Crippen LogP contribution in [-0.4, -0.2) is 59.9 Å². The number of hydrogen-bond donors (Lipinski definition) is 5. The minimum atomic E-state index is -0.0930. The molecule has 0 aliphatic carbocycles. The van der Waals surface area contributed by atoms with Gasteiger partial charge in [-0.15, -0.1) is 23.5 Å². The first-order valence-electron chi connectivity index (χ1n) is 7.15. The number of rotatable bonds is 15. The second kappa shape index (κ2) is 16.3. The Morgan fingerprint density at radius 1 is 0.955 bits per heavy atom. The molecule has 3 atom stereocenters. The van der Waals surface area contributed by atoms with E-state index in [1.54, 1.807) is 0 Å². The molecule has 134 valence electrons. The topological polar surface area (TPSA) is 0 Å². The third-order valence-electron chi connectivity index (χ3n) is 2.60. The summed E-state index contributed by atoms with van der Waals surface area (Å²) in [4.78, 5) is 0. The third-order valence-corrected chi connectivity index (χ3v) is 11.9. The molecule has 0 saturated carbocycles. The molecule has 0 radical (unpaired) electrons. The quantitative estimate of drug-likeness (QED) is 0.123. The van der Waals surface area contributed by atoms with Crippen LogP contribution in [0.25, 0.3) is 0 Å². The monoisotopic (exact) mass is 472 g/mol. The van der Waals surface area contributed by atoms with Crippen LogP contribution in [0, 0.1) is 0 Å². The van der Waals surface area contributed by atoms with Crippen LogP contribution in [0.2, 0.25) is 0 Å². The summed E-state index contributed by atoms with van der Waals surface area (Å²) in [7, 11) is 0. The first kappa shape index (κ1) is 25.1. The zero-order valence-electron chi connectivity index (χ0n) is 12.9. The summed E-state index contributed by atoms with van der Waals surface area (Å²) in [6, 6.07) is 0. The summed E-state index contributed by atoms with van der Waals surface area (Å²) in [5.74, 6) is 8.49. The van der Waals surface area contributed by atoms with E-state index in [1.165, 1.54) is 17.9 Å². The van der Waals surface area contributed by atoms with Crippen molar-refractivity contribution >= 4 is 110 Å². The largest absolute Gasteiger partial charge is 0.179 e. The average Bonchev–Trinajstić information content (AvgIpc) is 2.51. The molecule has 0 bridgehead atoms. The smallest absolute Gasteiger partial charge is 0.0760 e. The SMILES string of the molecule is CC(S)(SCCS)C(S)SCCCSCC(CS)SCCS. The summed E-state index contributed by atoms with van der Waals surface area (Å²) in [5.41, 5.74) is 0. The maximum absolute atomic E-state index is 4.74. The van der Waals surface area contributed by atoms with Crippen LogP contribution in [0.5, 0.6) is 0 Å². The molecular formula is C13H28S9. The van der Waals surface area contributed by atoms with E-state index in [1.807, 2.05) is 47.0 Å². The van der Waals surface area contributed by atoms with Gasteiger partial charge in [-0.1, -0.05) is 0 Å². The van der Waals surface area contributed by atoms with Crippen molar-refractivity contribution in [3.63, 3.8) is 0 Å². The van der Waals surface area contributed by atoms with E-state index in [0.29, 0.717) is 5.25 Å². The third kappa shape index (κ3) is 13.4. The standard InChI is InChI=1S/C13H28S9/c1-13(18,22-8-4-15)12(17)21-6-2-5-19-10-11(9-16)20-7-3-14/h11-12,14-18H,2-10H2,1H3. The minimum absolute atomic E-state index is 0.0930. The van der Waals surface area contributed by atoms with E-state index in [2.05, 4.69) is 44.8 Å². The fourth-order valence-electron chi connectivity index (χ4n) is 1.42. The Bertz CT molecular complexity index is 250. The second-order valence-corrected chi connectivity index (χ2v) is 13.4. The molecule has 22 heavy (non-hydrogen) atoms. The molecule has 0 aromatic heterocycles. The highest BCUT2D eigenvalue weighted by molar-refractivity contribution is 8.17. The average molecular weight is 473 g/mol. The lowest BCUT2D eigenvalue weighted by Gasteiger charge is -2.28. The molecule has 0 nitrogen and oxygen atoms in total. The van der Waals surface area contributed by atoms with Crippen molar-refractivity contribution < 1.29 is 0 Å². The van der Waals surface area contributed by atoms with Gasteiger partial charge in [0.15, 0.2) is 0 Å². The van der Waals surface area contributed by atoms with Gasteiger partial charge < -0.3 is 0 Å². The Morgan fingerprint density at radius 3 is 2.23 bits per heavy atom. The molecule has 0 aromatic carbocycles. The highest BCUT2D eigenvalue weighted by atomic mass is 32.2. The van der Waals surface area contributed by atoms with Crippen LogP contribution in [0.4, 0.5) is 0 Å². The first-order chi connectivity index (χ1) is 10.5. The van der Waals surface area contributed by atoms with Crippen molar-refractivity contribution in [1.82, 2.24) is 0 Å². The van der Waals surface area contributed by atoms with Crippen LogP contribution < -0.4 is 0 Å². The summed E-state index contributed by atoms with van der Waals surface area (Å²) in [6.07, 6.45) is 1.23. The molecule has 0 aliphatic heterocycles. The lowest BCUT2D eigenvalue weighted by atomic mass is 10.5. The highest BCUT2D eigenvalue weighted by Crippen LogP contribution is 2.41. The summed E-state index contributed by atoms with van der Waals surface area (Å²) in [6.45, 7) is 2.15. The number of hydrogen-bond acceptors (Lipinski definition) is 9. The predicted molar refractivity (Wildman–Crippen MR) is 135 cm³/mol. The van der Waals surface area contributed by atoms with Gasteiger partial charge in [-0.25, -0.2) is 0 Å². The van der Waals surface area contributed by atoms with Gasteiger partial charge in [-0.05, 0) is 36.4 Å². The van der Waals surface area contributed by atoms with Crippen molar-refractivity contribution in [3.05, 3.63) is 0 Å². The van der Waals surface area contributed by atoms with E-state index in [-0.39, 0.29) is 8.66 Å². The molecule has 0 rings (SSSR count). The molecular weight excluding hydrogens is 445 g/mol. The number of thioether (sulfide) groups is 4. The Kier molecular flexibility index (Phi) is 18.7. The molecule has 9 heteroatoms. The molecule has 0 aliphatic rings. The van der Waals surface area contributed by atoms with Crippen LogP contribution >= 0.6 is 110 Å². The van der Waals surface area contributed by atoms with E-state index in [4.69, 9.17) is 25.3 Å². The van der Waals surface area contributed by atoms with Crippen molar-refractivity contribution in [2.75, 3.05) is 46.0 Å². The predicted octanol–water partition coefficient (Wildman–Crippen LogP) is 5.37. The summed E-state index contributed by atoms with van der Waals surface area (Å²) < 4.78 is 0.159. The zero-order valence-corrected chi connectivity index (χ0v) is 20.6.